The summed E-state index contributed by atoms with van der Waals surface area (Å²) in [6.07, 6.45) is 3.45. The maximum Gasteiger partial charge on any atom is 0.306 e. The maximum atomic E-state index is 11.2. The van der Waals surface area contributed by atoms with E-state index in [0.717, 1.165) is 28.6 Å². The number of aromatic nitrogens is 2. The van der Waals surface area contributed by atoms with Gasteiger partial charge < -0.3 is 29.0 Å². The van der Waals surface area contributed by atoms with Gasteiger partial charge in [-0.15, -0.1) is 0 Å². The highest BCUT2D eigenvalue weighted by molar-refractivity contribution is 6.33. The number of fused-ring (bicyclic) bond motifs is 2. The molecule has 3 aliphatic rings. The Hall–Kier alpha value is -2.91. The van der Waals surface area contributed by atoms with E-state index in [1.54, 1.807) is 7.11 Å². The summed E-state index contributed by atoms with van der Waals surface area (Å²) in [5.74, 6) is -0.417. The van der Waals surface area contributed by atoms with Gasteiger partial charge in [0.15, 0.2) is 12.0 Å². The molecule has 2 saturated heterocycles. The molecular weight excluding hydrogens is 484 g/mol. The van der Waals surface area contributed by atoms with Crippen LogP contribution in [0.3, 0.4) is 0 Å². The summed E-state index contributed by atoms with van der Waals surface area (Å²) in [5.41, 5.74) is 5.41. The third-order valence-corrected chi connectivity index (χ3v) is 7.65. The standard InChI is InChI=1S/C27H27ClN2O6/c1-33-21-12-34-26-22(13-35-25(21)26)36-23-11-20-19(29-23)10-18(28)24(30-20)16-6-2-14(3-7-16)15-4-8-17(9-5-15)27(31)32/h2-4,6-7,10-11,17,21-22,25-26,29H,5,8-9,12-13H2,1H3,(H,31,32)/t17?,21-,22-,25-,26-/m1/s1. The number of benzene rings is 1. The average Bonchev–Trinajstić information content (AvgIpc) is 3.59. The lowest BCUT2D eigenvalue weighted by Gasteiger charge is -2.19. The largest absolute Gasteiger partial charge is 0.481 e. The first-order chi connectivity index (χ1) is 17.5. The number of carboxylic acid groups (broad SMARTS) is 1. The Balaban J connectivity index is 1.19. The summed E-state index contributed by atoms with van der Waals surface area (Å²) < 4.78 is 23.3. The number of rotatable bonds is 6. The van der Waals surface area contributed by atoms with E-state index >= 15 is 0 Å². The normalized spacial score (nSPS) is 27.7. The second-order valence-electron chi connectivity index (χ2n) is 9.53. The SMILES string of the molecule is CO[C@@H]1CO[C@H]2[C@@H]1OC[C@H]2Oc1cc2nc(-c3ccc(C4=CCC(C(=O)O)CC4)cc3)c(Cl)cc2[nH]1. The lowest BCUT2D eigenvalue weighted by molar-refractivity contribution is -0.141. The molecular formula is C27H27ClN2O6. The Kier molecular flexibility index (Phi) is 6.21. The molecule has 6 rings (SSSR count). The van der Waals surface area contributed by atoms with Crippen molar-refractivity contribution < 1.29 is 28.8 Å². The van der Waals surface area contributed by atoms with E-state index in [-0.39, 0.29) is 30.3 Å². The number of allylic oxidation sites excluding steroid dienone is 2. The first kappa shape index (κ1) is 23.5. The Morgan fingerprint density at radius 2 is 1.83 bits per heavy atom. The van der Waals surface area contributed by atoms with Crippen LogP contribution in [0.2, 0.25) is 5.02 Å². The predicted molar refractivity (Wildman–Crippen MR) is 134 cm³/mol. The van der Waals surface area contributed by atoms with Crippen molar-refractivity contribution in [3.63, 3.8) is 0 Å². The zero-order valence-electron chi connectivity index (χ0n) is 19.8. The minimum atomic E-state index is -0.720. The van der Waals surface area contributed by atoms with Crippen molar-refractivity contribution in [2.75, 3.05) is 20.3 Å². The Bertz CT molecular complexity index is 1320. The molecule has 9 heteroatoms. The van der Waals surface area contributed by atoms with Crippen molar-refractivity contribution >= 4 is 34.2 Å². The highest BCUT2D eigenvalue weighted by Crippen LogP contribution is 2.35. The Labute approximate surface area is 213 Å². The molecule has 0 bridgehead atoms. The third-order valence-electron chi connectivity index (χ3n) is 7.36. The Morgan fingerprint density at radius 1 is 1.11 bits per heavy atom. The molecule has 0 saturated carbocycles. The number of aliphatic carboxylic acids is 1. The van der Waals surface area contributed by atoms with Gasteiger partial charge in [0.2, 0.25) is 0 Å². The van der Waals surface area contributed by atoms with Crippen molar-refractivity contribution in [1.82, 2.24) is 9.97 Å². The number of aromatic amines is 1. The fourth-order valence-corrected chi connectivity index (χ4v) is 5.59. The van der Waals surface area contributed by atoms with Crippen LogP contribution in [0, 0.1) is 5.92 Å². The number of nitrogens with one attached hydrogen (secondary N) is 1. The lowest BCUT2D eigenvalue weighted by atomic mass is 9.86. The molecule has 8 nitrogen and oxygen atoms in total. The smallest absolute Gasteiger partial charge is 0.306 e. The molecule has 3 aromatic rings. The highest BCUT2D eigenvalue weighted by atomic mass is 35.5. The number of hydrogen-bond acceptors (Lipinski definition) is 6. The minimum Gasteiger partial charge on any atom is -0.481 e. The summed E-state index contributed by atoms with van der Waals surface area (Å²) in [4.78, 5) is 19.3. The molecule has 188 valence electrons. The fourth-order valence-electron chi connectivity index (χ4n) is 5.33. The molecule has 1 unspecified atom stereocenters. The molecule has 5 atom stereocenters. The summed E-state index contributed by atoms with van der Waals surface area (Å²) in [7, 11) is 1.66. The van der Waals surface area contributed by atoms with Crippen LogP contribution in [0.5, 0.6) is 5.88 Å². The number of carbonyl (C=O) groups is 1. The van der Waals surface area contributed by atoms with Crippen LogP contribution in [0.15, 0.2) is 42.5 Å². The van der Waals surface area contributed by atoms with Crippen LogP contribution < -0.4 is 4.74 Å². The fraction of sp³-hybridized carbons (Fsp3) is 0.407. The Morgan fingerprint density at radius 3 is 2.53 bits per heavy atom. The molecule has 0 radical (unpaired) electrons. The van der Waals surface area contributed by atoms with E-state index in [0.29, 0.717) is 42.7 Å². The first-order valence-corrected chi connectivity index (χ1v) is 12.5. The van der Waals surface area contributed by atoms with Crippen LogP contribution in [-0.4, -0.2) is 65.8 Å². The number of carboxylic acids is 1. The molecule has 2 fully saturated rings. The molecule has 2 aliphatic heterocycles. The quantitative estimate of drug-likeness (QED) is 0.495. The van der Waals surface area contributed by atoms with Crippen molar-refractivity contribution in [3.05, 3.63) is 53.1 Å². The summed E-state index contributed by atoms with van der Waals surface area (Å²) in [5, 5.41) is 9.75. The lowest BCUT2D eigenvalue weighted by Crippen LogP contribution is -2.35. The van der Waals surface area contributed by atoms with E-state index in [1.807, 2.05) is 42.5 Å². The summed E-state index contributed by atoms with van der Waals surface area (Å²) in [6, 6.07) is 11.8. The summed E-state index contributed by atoms with van der Waals surface area (Å²) in [6.45, 7) is 0.932. The number of hydrogen-bond donors (Lipinski definition) is 2. The molecule has 1 aromatic carbocycles. The number of methoxy groups -OCH3 is 1. The van der Waals surface area contributed by atoms with Crippen LogP contribution in [-0.2, 0) is 19.0 Å². The topological polar surface area (TPSA) is 103 Å². The zero-order chi connectivity index (χ0) is 24.8. The number of nitrogens with zero attached hydrogens (tertiary/aromatic N) is 1. The number of ether oxygens (including phenoxy) is 4. The average molecular weight is 511 g/mol. The van der Waals surface area contributed by atoms with Crippen LogP contribution in [0.4, 0.5) is 0 Å². The van der Waals surface area contributed by atoms with E-state index < -0.39 is 5.97 Å². The van der Waals surface area contributed by atoms with Crippen molar-refractivity contribution in [2.24, 2.45) is 5.92 Å². The second-order valence-corrected chi connectivity index (χ2v) is 9.93. The van der Waals surface area contributed by atoms with E-state index in [1.165, 1.54) is 5.57 Å². The van der Waals surface area contributed by atoms with Crippen LogP contribution >= 0.6 is 11.6 Å². The van der Waals surface area contributed by atoms with Crippen LogP contribution in [0.1, 0.15) is 24.8 Å². The summed E-state index contributed by atoms with van der Waals surface area (Å²) >= 11 is 6.61. The number of pyridine rings is 1. The van der Waals surface area contributed by atoms with Gasteiger partial charge in [0.25, 0.3) is 0 Å². The zero-order valence-corrected chi connectivity index (χ0v) is 20.5. The van der Waals surface area contributed by atoms with Gasteiger partial charge in [0, 0.05) is 18.7 Å². The molecule has 0 amide bonds. The van der Waals surface area contributed by atoms with Gasteiger partial charge >= 0.3 is 5.97 Å². The van der Waals surface area contributed by atoms with Crippen molar-refractivity contribution in [3.8, 4) is 17.1 Å². The van der Waals surface area contributed by atoms with Crippen LogP contribution in [0.25, 0.3) is 27.9 Å². The van der Waals surface area contributed by atoms with Gasteiger partial charge in [-0.25, -0.2) is 4.98 Å². The molecule has 0 spiro atoms. The van der Waals surface area contributed by atoms with E-state index in [9.17, 15) is 9.90 Å². The predicted octanol–water partition coefficient (Wildman–Crippen LogP) is 4.71. The molecule has 36 heavy (non-hydrogen) atoms. The van der Waals surface area contributed by atoms with E-state index in [2.05, 4.69) is 4.98 Å². The second kappa shape index (κ2) is 9.52. The highest BCUT2D eigenvalue weighted by Gasteiger charge is 2.49. The number of H-pyrrole nitrogens is 1. The third kappa shape index (κ3) is 4.28. The monoisotopic (exact) mass is 510 g/mol. The molecule has 2 aromatic heterocycles. The molecule has 4 heterocycles. The van der Waals surface area contributed by atoms with Gasteiger partial charge in [-0.2, -0.15) is 0 Å². The first-order valence-electron chi connectivity index (χ1n) is 12.1. The van der Waals surface area contributed by atoms with Gasteiger partial charge in [-0.3, -0.25) is 4.79 Å². The number of halogens is 1. The van der Waals surface area contributed by atoms with Gasteiger partial charge in [-0.1, -0.05) is 41.9 Å². The van der Waals surface area contributed by atoms with E-state index in [4.69, 9.17) is 35.5 Å². The van der Waals surface area contributed by atoms with Gasteiger partial charge in [0.05, 0.1) is 40.9 Å². The minimum absolute atomic E-state index is 0.0724. The maximum absolute atomic E-state index is 11.2. The van der Waals surface area contributed by atoms with Crippen molar-refractivity contribution in [2.45, 2.75) is 43.7 Å². The van der Waals surface area contributed by atoms with Crippen molar-refractivity contribution in [1.29, 1.82) is 0 Å². The van der Waals surface area contributed by atoms with Gasteiger partial charge in [0.1, 0.15) is 18.3 Å². The molecule has 2 N–H and O–H groups in total. The van der Waals surface area contributed by atoms with Gasteiger partial charge in [-0.05, 0) is 36.5 Å². The molecule has 1 aliphatic carbocycles.